The molecule has 3 rings (SSSR count). The van der Waals surface area contributed by atoms with Gasteiger partial charge >= 0.3 is 0 Å². The highest BCUT2D eigenvalue weighted by Crippen LogP contribution is 2.13. The SMILES string of the molecule is CCNC(=NCc1cccc(C(=O)NCC2CCCO2)c1)NCCc1ncc(CC)s1.I. The zero-order chi connectivity index (χ0) is 21.9. The van der Waals surface area contributed by atoms with Gasteiger partial charge < -0.3 is 20.7 Å². The van der Waals surface area contributed by atoms with E-state index in [4.69, 9.17) is 4.74 Å². The van der Waals surface area contributed by atoms with Gasteiger partial charge in [-0.2, -0.15) is 0 Å². The number of aliphatic imine (C=N–C) groups is 1. The van der Waals surface area contributed by atoms with Crippen LogP contribution >= 0.6 is 35.3 Å². The second-order valence-corrected chi connectivity index (χ2v) is 8.69. The maximum atomic E-state index is 12.5. The molecule has 2 heterocycles. The highest BCUT2D eigenvalue weighted by atomic mass is 127. The van der Waals surface area contributed by atoms with E-state index in [0.717, 1.165) is 61.9 Å². The molecule has 1 aromatic heterocycles. The number of aryl methyl sites for hydroxylation is 1. The summed E-state index contributed by atoms with van der Waals surface area (Å²) < 4.78 is 5.57. The number of hydrogen-bond donors (Lipinski definition) is 3. The van der Waals surface area contributed by atoms with Crippen molar-refractivity contribution in [2.24, 2.45) is 4.99 Å². The Kier molecular flexibility index (Phi) is 12.0. The lowest BCUT2D eigenvalue weighted by Gasteiger charge is -2.12. The maximum absolute atomic E-state index is 12.5. The summed E-state index contributed by atoms with van der Waals surface area (Å²) in [6.45, 7) is 7.61. The molecule has 0 saturated carbocycles. The van der Waals surface area contributed by atoms with Crippen LogP contribution in [0.2, 0.25) is 0 Å². The lowest BCUT2D eigenvalue weighted by atomic mass is 10.1. The summed E-state index contributed by atoms with van der Waals surface area (Å²) in [5.41, 5.74) is 1.65. The quantitative estimate of drug-likeness (QED) is 0.231. The summed E-state index contributed by atoms with van der Waals surface area (Å²) in [6.07, 6.45) is 6.08. The topological polar surface area (TPSA) is 87.6 Å². The minimum atomic E-state index is -0.0683. The molecule has 176 valence electrons. The number of amides is 1. The maximum Gasteiger partial charge on any atom is 0.251 e. The summed E-state index contributed by atoms with van der Waals surface area (Å²) in [6, 6.07) is 7.63. The van der Waals surface area contributed by atoms with Gasteiger partial charge in [-0.05, 0) is 43.9 Å². The second kappa shape index (κ2) is 14.4. The van der Waals surface area contributed by atoms with Gasteiger partial charge in [-0.15, -0.1) is 35.3 Å². The van der Waals surface area contributed by atoms with Crippen LogP contribution in [0, 0.1) is 0 Å². The van der Waals surface area contributed by atoms with Gasteiger partial charge in [0, 0.05) is 49.3 Å². The highest BCUT2D eigenvalue weighted by molar-refractivity contribution is 14.0. The number of thiazole rings is 1. The Morgan fingerprint density at radius 1 is 1.28 bits per heavy atom. The lowest BCUT2D eigenvalue weighted by molar-refractivity contribution is 0.0857. The smallest absolute Gasteiger partial charge is 0.251 e. The van der Waals surface area contributed by atoms with Crippen LogP contribution in [-0.4, -0.2) is 49.2 Å². The summed E-state index contributed by atoms with van der Waals surface area (Å²) in [4.78, 5) is 22.9. The van der Waals surface area contributed by atoms with Crippen LogP contribution in [0.15, 0.2) is 35.5 Å². The van der Waals surface area contributed by atoms with Crippen LogP contribution in [-0.2, 0) is 24.1 Å². The second-order valence-electron chi connectivity index (χ2n) is 7.49. The van der Waals surface area contributed by atoms with Gasteiger partial charge in [-0.25, -0.2) is 9.98 Å². The van der Waals surface area contributed by atoms with E-state index in [0.29, 0.717) is 18.7 Å². The zero-order valence-corrected chi connectivity index (χ0v) is 22.0. The number of nitrogens with zero attached hydrogens (tertiary/aromatic N) is 2. The fourth-order valence-electron chi connectivity index (χ4n) is 3.35. The van der Waals surface area contributed by atoms with Crippen molar-refractivity contribution in [2.75, 3.05) is 26.2 Å². The number of nitrogens with one attached hydrogen (secondary N) is 3. The van der Waals surface area contributed by atoms with Crippen LogP contribution in [0.25, 0.3) is 0 Å². The third-order valence-corrected chi connectivity index (χ3v) is 6.25. The van der Waals surface area contributed by atoms with Gasteiger partial charge in [0.05, 0.1) is 17.7 Å². The number of aromatic nitrogens is 1. The van der Waals surface area contributed by atoms with E-state index < -0.39 is 0 Å². The Morgan fingerprint density at radius 3 is 2.88 bits per heavy atom. The number of rotatable bonds is 10. The van der Waals surface area contributed by atoms with E-state index in [9.17, 15) is 4.79 Å². The van der Waals surface area contributed by atoms with Crippen LogP contribution in [0.5, 0.6) is 0 Å². The predicted molar refractivity (Wildman–Crippen MR) is 141 cm³/mol. The van der Waals surface area contributed by atoms with Crippen molar-refractivity contribution in [3.05, 3.63) is 51.5 Å². The molecule has 1 amide bonds. The number of hydrogen-bond acceptors (Lipinski definition) is 5. The molecule has 7 nitrogen and oxygen atoms in total. The van der Waals surface area contributed by atoms with Gasteiger partial charge in [0.1, 0.15) is 0 Å². The van der Waals surface area contributed by atoms with Crippen molar-refractivity contribution in [1.82, 2.24) is 20.9 Å². The van der Waals surface area contributed by atoms with Crippen molar-refractivity contribution in [2.45, 2.75) is 52.2 Å². The van der Waals surface area contributed by atoms with Gasteiger partial charge in [-0.3, -0.25) is 4.79 Å². The van der Waals surface area contributed by atoms with Gasteiger partial charge in [0.2, 0.25) is 0 Å². The summed E-state index contributed by atoms with van der Waals surface area (Å²) in [5, 5.41) is 10.8. The first kappa shape index (κ1) is 26.5. The molecule has 0 bridgehead atoms. The van der Waals surface area contributed by atoms with Crippen molar-refractivity contribution >= 4 is 47.2 Å². The van der Waals surface area contributed by atoms with E-state index in [1.165, 1.54) is 4.88 Å². The molecule has 0 spiro atoms. The fourth-order valence-corrected chi connectivity index (χ4v) is 4.21. The van der Waals surface area contributed by atoms with E-state index in [1.54, 1.807) is 11.3 Å². The molecule has 1 saturated heterocycles. The van der Waals surface area contributed by atoms with Gasteiger partial charge in [0.25, 0.3) is 5.91 Å². The first-order valence-corrected chi connectivity index (χ1v) is 11.9. The number of benzene rings is 1. The van der Waals surface area contributed by atoms with Crippen LogP contribution in [0.4, 0.5) is 0 Å². The predicted octanol–water partition coefficient (Wildman–Crippen LogP) is 3.53. The molecule has 9 heteroatoms. The molecule has 1 aromatic carbocycles. The molecular formula is C23H34IN5O2S. The van der Waals surface area contributed by atoms with Crippen molar-refractivity contribution in [3.8, 4) is 0 Å². The third-order valence-electron chi connectivity index (χ3n) is 5.05. The number of halogens is 1. The largest absolute Gasteiger partial charge is 0.376 e. The van der Waals surface area contributed by atoms with Crippen LogP contribution < -0.4 is 16.0 Å². The molecule has 2 aromatic rings. The fraction of sp³-hybridized carbons (Fsp3) is 0.522. The van der Waals surface area contributed by atoms with E-state index in [2.05, 4.69) is 32.9 Å². The van der Waals surface area contributed by atoms with Gasteiger partial charge in [0.15, 0.2) is 5.96 Å². The minimum absolute atomic E-state index is 0. The van der Waals surface area contributed by atoms with Crippen molar-refractivity contribution in [1.29, 1.82) is 0 Å². The van der Waals surface area contributed by atoms with Crippen molar-refractivity contribution < 1.29 is 9.53 Å². The molecule has 1 aliphatic heterocycles. The summed E-state index contributed by atoms with van der Waals surface area (Å²) >= 11 is 1.77. The standard InChI is InChI=1S/C23H33N5O2S.HI/c1-3-20-16-26-21(31-20)10-11-25-23(24-4-2)28-14-17-7-5-8-18(13-17)22(29)27-15-19-9-6-12-30-19;/h5,7-8,13,16,19H,3-4,6,9-12,14-15H2,1-2H3,(H,27,29)(H2,24,25,28);1H. The first-order valence-electron chi connectivity index (χ1n) is 11.1. The van der Waals surface area contributed by atoms with Gasteiger partial charge in [-0.1, -0.05) is 19.1 Å². The Bertz CT molecular complexity index is 868. The molecule has 1 unspecified atom stereocenters. The van der Waals surface area contributed by atoms with Crippen LogP contribution in [0.1, 0.15) is 52.5 Å². The number of guanidine groups is 1. The number of carbonyl (C=O) groups is 1. The monoisotopic (exact) mass is 571 g/mol. The summed E-state index contributed by atoms with van der Waals surface area (Å²) in [7, 11) is 0. The molecule has 1 fully saturated rings. The normalized spacial score (nSPS) is 15.8. The van der Waals surface area contributed by atoms with Crippen molar-refractivity contribution in [3.63, 3.8) is 0 Å². The molecule has 0 aliphatic carbocycles. The Labute approximate surface area is 211 Å². The Balaban J connectivity index is 0.00000363. The Hall–Kier alpha value is -1.72. The Morgan fingerprint density at radius 2 is 2.16 bits per heavy atom. The average Bonchev–Trinajstić information content (AvgIpc) is 3.48. The molecule has 1 aliphatic rings. The van der Waals surface area contributed by atoms with E-state index in [1.807, 2.05) is 37.4 Å². The molecule has 1 atom stereocenters. The lowest BCUT2D eigenvalue weighted by Crippen LogP contribution is -2.38. The number of carbonyl (C=O) groups excluding carboxylic acids is 1. The minimum Gasteiger partial charge on any atom is -0.376 e. The molecular weight excluding hydrogens is 537 g/mol. The highest BCUT2D eigenvalue weighted by Gasteiger charge is 2.16. The summed E-state index contributed by atoms with van der Waals surface area (Å²) in [5.74, 6) is 0.698. The van der Waals surface area contributed by atoms with E-state index in [-0.39, 0.29) is 36.0 Å². The molecule has 0 radical (unpaired) electrons. The first-order chi connectivity index (χ1) is 15.2. The molecule has 3 N–H and O–H groups in total. The average molecular weight is 572 g/mol. The van der Waals surface area contributed by atoms with Crippen LogP contribution in [0.3, 0.4) is 0 Å². The number of ether oxygens (including phenoxy) is 1. The third kappa shape index (κ3) is 8.67. The zero-order valence-electron chi connectivity index (χ0n) is 18.9. The molecule has 32 heavy (non-hydrogen) atoms. The van der Waals surface area contributed by atoms with E-state index >= 15 is 0 Å².